The molecule has 1 aliphatic heterocycles. The van der Waals surface area contributed by atoms with Crippen molar-refractivity contribution in [3.8, 4) is 5.88 Å². The van der Waals surface area contributed by atoms with Crippen molar-refractivity contribution in [1.29, 1.82) is 0 Å². The molecule has 0 saturated heterocycles. The van der Waals surface area contributed by atoms with E-state index in [9.17, 15) is 13.5 Å². The molecule has 0 bridgehead atoms. The zero-order valence-corrected chi connectivity index (χ0v) is 9.27. The van der Waals surface area contributed by atoms with Crippen molar-refractivity contribution in [1.82, 2.24) is 9.78 Å². The number of methoxy groups -OCH3 is 1. The smallest absolute Gasteiger partial charge is 0.245 e. The van der Waals surface area contributed by atoms with Gasteiger partial charge < -0.3 is 14.6 Å². The number of rotatable bonds is 2. The first-order chi connectivity index (χ1) is 7.36. The Morgan fingerprint density at radius 2 is 2.44 bits per heavy atom. The van der Waals surface area contributed by atoms with Gasteiger partial charge in [-0.25, -0.2) is 18.2 Å². The van der Waals surface area contributed by atoms with E-state index in [4.69, 9.17) is 14.6 Å². The number of aliphatic hydroxyl groups is 1. The summed E-state index contributed by atoms with van der Waals surface area (Å²) in [5.74, 6) is -1.49. The van der Waals surface area contributed by atoms with E-state index in [1.54, 1.807) is 0 Å². The first-order valence-electron chi connectivity index (χ1n) is 4.35. The highest BCUT2D eigenvalue weighted by Gasteiger charge is 2.37. The summed E-state index contributed by atoms with van der Waals surface area (Å²) >= 11 is 0. The molecular weight excluding hydrogens is 238 g/mol. The maximum absolute atomic E-state index is 11.1. The quantitative estimate of drug-likeness (QED) is 0.601. The molecule has 2 heterocycles. The Balaban J connectivity index is 2.42. The zero-order valence-electron chi connectivity index (χ0n) is 8.45. The van der Waals surface area contributed by atoms with Gasteiger partial charge >= 0.3 is 0 Å². The molecule has 0 aromatic carbocycles. The number of ether oxygens (including phenoxy) is 2. The van der Waals surface area contributed by atoms with Crippen molar-refractivity contribution in [2.24, 2.45) is 5.14 Å². The van der Waals surface area contributed by atoms with E-state index in [2.05, 4.69) is 5.10 Å². The molecule has 8 nitrogen and oxygen atoms in total. The SMILES string of the molecule is COC1(O)COc2c(S(N)(=O)=O)cnn2C1. The summed E-state index contributed by atoms with van der Waals surface area (Å²) in [5.41, 5.74) is 0. The molecule has 0 saturated carbocycles. The average molecular weight is 249 g/mol. The summed E-state index contributed by atoms with van der Waals surface area (Å²) in [4.78, 5) is -0.203. The van der Waals surface area contributed by atoms with Gasteiger partial charge in [0.2, 0.25) is 21.7 Å². The van der Waals surface area contributed by atoms with Gasteiger partial charge in [0.25, 0.3) is 0 Å². The van der Waals surface area contributed by atoms with Gasteiger partial charge in [-0.3, -0.25) is 0 Å². The summed E-state index contributed by atoms with van der Waals surface area (Å²) in [5, 5.41) is 18.5. The van der Waals surface area contributed by atoms with Crippen molar-refractivity contribution >= 4 is 10.0 Å². The fraction of sp³-hybridized carbons (Fsp3) is 0.571. The molecule has 1 aromatic heterocycles. The second-order valence-electron chi connectivity index (χ2n) is 3.46. The predicted molar refractivity (Wildman–Crippen MR) is 51.1 cm³/mol. The summed E-state index contributed by atoms with van der Waals surface area (Å²) in [6, 6.07) is 0. The second-order valence-corrected chi connectivity index (χ2v) is 4.99. The fourth-order valence-corrected chi connectivity index (χ4v) is 2.00. The lowest BCUT2D eigenvalue weighted by atomic mass is 10.3. The summed E-state index contributed by atoms with van der Waals surface area (Å²) in [6.07, 6.45) is 1.08. The average Bonchev–Trinajstić information content (AvgIpc) is 2.59. The topological polar surface area (TPSA) is 117 Å². The van der Waals surface area contributed by atoms with Crippen LogP contribution in [0.4, 0.5) is 0 Å². The number of hydrogen-bond acceptors (Lipinski definition) is 6. The van der Waals surface area contributed by atoms with Crippen LogP contribution in [0.15, 0.2) is 11.1 Å². The lowest BCUT2D eigenvalue weighted by Crippen LogP contribution is -2.46. The number of nitrogens with two attached hydrogens (primary N) is 1. The Morgan fingerprint density at radius 3 is 3.00 bits per heavy atom. The molecule has 0 aliphatic carbocycles. The highest BCUT2D eigenvalue weighted by Crippen LogP contribution is 2.28. The van der Waals surface area contributed by atoms with Crippen LogP contribution in [-0.2, 0) is 21.3 Å². The standard InChI is InChI=1S/C7H11N3O5S/c1-14-7(11)3-10-6(15-4-7)5(2-9-10)16(8,12)13/h2,11H,3-4H2,1H3,(H2,8,12,13). The van der Waals surface area contributed by atoms with E-state index in [1.807, 2.05) is 0 Å². The third kappa shape index (κ3) is 1.78. The molecule has 3 N–H and O–H groups in total. The van der Waals surface area contributed by atoms with Crippen LogP contribution in [0.25, 0.3) is 0 Å². The van der Waals surface area contributed by atoms with Crippen LogP contribution in [0.5, 0.6) is 5.88 Å². The van der Waals surface area contributed by atoms with Crippen molar-refractivity contribution in [2.75, 3.05) is 13.7 Å². The van der Waals surface area contributed by atoms with Gasteiger partial charge in [-0.1, -0.05) is 0 Å². The van der Waals surface area contributed by atoms with Gasteiger partial charge in [0.15, 0.2) is 4.90 Å². The van der Waals surface area contributed by atoms with Crippen LogP contribution >= 0.6 is 0 Å². The molecular formula is C7H11N3O5S. The van der Waals surface area contributed by atoms with Crippen LogP contribution in [0.1, 0.15) is 0 Å². The van der Waals surface area contributed by atoms with Gasteiger partial charge in [-0.15, -0.1) is 0 Å². The molecule has 16 heavy (non-hydrogen) atoms. The lowest BCUT2D eigenvalue weighted by Gasteiger charge is -2.31. The van der Waals surface area contributed by atoms with Crippen molar-refractivity contribution in [3.63, 3.8) is 0 Å². The minimum Gasteiger partial charge on any atom is -0.471 e. The fourth-order valence-electron chi connectivity index (χ4n) is 1.39. The Labute approximate surface area is 91.6 Å². The van der Waals surface area contributed by atoms with Crippen LogP contribution in [0.3, 0.4) is 0 Å². The third-order valence-electron chi connectivity index (χ3n) is 2.28. The van der Waals surface area contributed by atoms with Crippen LogP contribution in [0.2, 0.25) is 0 Å². The minimum atomic E-state index is -3.88. The van der Waals surface area contributed by atoms with E-state index in [0.29, 0.717) is 0 Å². The molecule has 1 unspecified atom stereocenters. The minimum absolute atomic E-state index is 0.0178. The van der Waals surface area contributed by atoms with Crippen LogP contribution in [-0.4, -0.2) is 42.8 Å². The highest BCUT2D eigenvalue weighted by atomic mass is 32.2. The lowest BCUT2D eigenvalue weighted by molar-refractivity contribution is -0.224. The number of aromatic nitrogens is 2. The van der Waals surface area contributed by atoms with Gasteiger partial charge in [-0.2, -0.15) is 5.10 Å². The van der Waals surface area contributed by atoms with E-state index in [0.717, 1.165) is 6.20 Å². The largest absolute Gasteiger partial charge is 0.471 e. The Kier molecular flexibility index (Phi) is 2.42. The van der Waals surface area contributed by atoms with Gasteiger partial charge in [-0.05, 0) is 0 Å². The maximum Gasteiger partial charge on any atom is 0.245 e. The molecule has 1 aliphatic rings. The molecule has 1 aromatic rings. The van der Waals surface area contributed by atoms with E-state index < -0.39 is 15.8 Å². The number of primary sulfonamides is 1. The number of nitrogens with zero attached hydrogens (tertiary/aromatic N) is 2. The van der Waals surface area contributed by atoms with E-state index >= 15 is 0 Å². The summed E-state index contributed by atoms with van der Waals surface area (Å²) in [7, 11) is -2.56. The zero-order chi connectivity index (χ0) is 12.0. The molecule has 0 fully saturated rings. The second kappa shape index (κ2) is 3.42. The van der Waals surface area contributed by atoms with Crippen molar-refractivity contribution < 1.29 is 23.0 Å². The first-order valence-corrected chi connectivity index (χ1v) is 5.89. The van der Waals surface area contributed by atoms with Crippen LogP contribution in [0, 0.1) is 0 Å². The predicted octanol–water partition coefficient (Wildman–Crippen LogP) is -1.74. The van der Waals surface area contributed by atoms with Gasteiger partial charge in [0.05, 0.1) is 6.20 Å². The molecule has 90 valence electrons. The monoisotopic (exact) mass is 249 g/mol. The molecule has 0 spiro atoms. The van der Waals surface area contributed by atoms with E-state index in [1.165, 1.54) is 11.8 Å². The third-order valence-corrected chi connectivity index (χ3v) is 3.17. The van der Waals surface area contributed by atoms with Gasteiger partial charge in [0.1, 0.15) is 13.2 Å². The number of fused-ring (bicyclic) bond motifs is 1. The Morgan fingerprint density at radius 1 is 1.75 bits per heavy atom. The Hall–Kier alpha value is -1.16. The summed E-state index contributed by atoms with van der Waals surface area (Å²) in [6.45, 7) is -0.202. The summed E-state index contributed by atoms with van der Waals surface area (Å²) < 4.78 is 33.4. The first kappa shape index (κ1) is 11.3. The number of sulfonamides is 1. The Bertz CT molecular complexity index is 510. The molecule has 1 atom stereocenters. The number of hydrogen-bond donors (Lipinski definition) is 2. The van der Waals surface area contributed by atoms with Gasteiger partial charge in [0, 0.05) is 7.11 Å². The molecule has 0 amide bonds. The molecule has 9 heteroatoms. The highest BCUT2D eigenvalue weighted by molar-refractivity contribution is 7.89. The maximum atomic E-state index is 11.1. The molecule has 0 radical (unpaired) electrons. The van der Waals surface area contributed by atoms with E-state index in [-0.39, 0.29) is 23.9 Å². The normalized spacial score (nSPS) is 24.9. The van der Waals surface area contributed by atoms with Crippen molar-refractivity contribution in [3.05, 3.63) is 6.20 Å². The molecule has 2 rings (SSSR count). The van der Waals surface area contributed by atoms with Crippen LogP contribution < -0.4 is 9.88 Å². The van der Waals surface area contributed by atoms with Crippen molar-refractivity contribution in [2.45, 2.75) is 17.2 Å².